The maximum Gasteiger partial charge on any atom is 0.244 e. The highest BCUT2D eigenvalue weighted by Crippen LogP contribution is 2.60. The van der Waals surface area contributed by atoms with Gasteiger partial charge in [-0.1, -0.05) is 48.9 Å². The van der Waals surface area contributed by atoms with E-state index < -0.39 is 28.5 Å². The first-order valence-electron chi connectivity index (χ1n) is 15.3. The molecule has 0 aromatic heterocycles. The molecule has 42 heavy (non-hydrogen) atoms. The van der Waals surface area contributed by atoms with E-state index >= 15 is 0 Å². The Kier molecular flexibility index (Phi) is 8.96. The molecular weight excluding hydrogens is 570 g/mol. The van der Waals surface area contributed by atoms with Crippen LogP contribution >= 0.6 is 11.6 Å². The van der Waals surface area contributed by atoms with E-state index in [4.69, 9.17) is 11.6 Å². The summed E-state index contributed by atoms with van der Waals surface area (Å²) in [5, 5.41) is 3.42. The van der Waals surface area contributed by atoms with Gasteiger partial charge in [0.05, 0.1) is 11.9 Å². The van der Waals surface area contributed by atoms with Gasteiger partial charge < -0.3 is 10.2 Å². The van der Waals surface area contributed by atoms with E-state index in [0.29, 0.717) is 16.3 Å². The molecule has 1 N–H and O–H groups in total. The minimum absolute atomic E-state index is 0.0581. The molecule has 2 atom stereocenters. The van der Waals surface area contributed by atoms with Crippen molar-refractivity contribution in [3.05, 3.63) is 64.7 Å². The number of hydrogen-bond donors (Lipinski definition) is 1. The number of halogens is 1. The normalized spacial score (nSPS) is 26.0. The van der Waals surface area contributed by atoms with Crippen LogP contribution in [0.4, 0.5) is 5.69 Å². The largest absolute Gasteiger partial charge is 0.352 e. The molecule has 7 nitrogen and oxygen atoms in total. The Bertz CT molecular complexity index is 1380. The van der Waals surface area contributed by atoms with Crippen molar-refractivity contribution >= 4 is 39.1 Å². The van der Waals surface area contributed by atoms with Crippen molar-refractivity contribution in [3.63, 3.8) is 0 Å². The summed E-state index contributed by atoms with van der Waals surface area (Å²) in [7, 11) is -3.80. The second kappa shape index (κ2) is 12.2. The number of carbonyl (C=O) groups excluding carboxylic acids is 2. The van der Waals surface area contributed by atoms with Gasteiger partial charge in [-0.3, -0.25) is 13.9 Å². The SMILES string of the molecule is CC[C@@H](C)NC(=O)[C@@H](C)N(Cc1ccccc1Cl)C(=O)CN(c1ccc(C23CC4CC(CC(C4)C2)C3)cc1)S(C)(=O)=O. The van der Waals surface area contributed by atoms with Crippen molar-refractivity contribution in [2.75, 3.05) is 17.1 Å². The first-order chi connectivity index (χ1) is 19.9. The summed E-state index contributed by atoms with van der Waals surface area (Å²) in [5.74, 6) is 1.66. The Labute approximate surface area is 256 Å². The van der Waals surface area contributed by atoms with Gasteiger partial charge in [-0.05, 0) is 111 Å². The summed E-state index contributed by atoms with van der Waals surface area (Å²) in [6.07, 6.45) is 9.61. The van der Waals surface area contributed by atoms with E-state index in [9.17, 15) is 18.0 Å². The summed E-state index contributed by atoms with van der Waals surface area (Å²) in [5.41, 5.74) is 2.62. The summed E-state index contributed by atoms with van der Waals surface area (Å²) in [6.45, 7) is 5.21. The minimum Gasteiger partial charge on any atom is -0.352 e. The fraction of sp³-hybridized carbons (Fsp3) is 0.576. The van der Waals surface area contributed by atoms with E-state index in [2.05, 4.69) is 17.4 Å². The lowest BCUT2D eigenvalue weighted by molar-refractivity contribution is -0.139. The molecule has 2 aromatic carbocycles. The molecule has 4 saturated carbocycles. The Morgan fingerprint density at radius 3 is 2.07 bits per heavy atom. The second-order valence-corrected chi connectivity index (χ2v) is 15.4. The number of nitrogens with zero attached hydrogens (tertiary/aromatic N) is 2. The lowest BCUT2D eigenvalue weighted by Crippen LogP contribution is -2.52. The van der Waals surface area contributed by atoms with E-state index in [1.807, 2.05) is 32.0 Å². The standard InChI is InChI=1S/C33H44ClN3O4S/c1-5-22(2)35-32(39)23(3)36(20-27-8-6-7-9-30(27)34)31(38)21-37(42(4,40)41)29-12-10-28(11-13-29)33-17-24-14-25(18-33)16-26(15-24)19-33/h6-13,22-26H,5,14-21H2,1-4H3,(H,35,39)/t22-,23-,24?,25?,26?,33?/m1/s1. The first-order valence-corrected chi connectivity index (χ1v) is 17.5. The van der Waals surface area contributed by atoms with Crippen LogP contribution in [0.1, 0.15) is 76.8 Å². The van der Waals surface area contributed by atoms with Crippen LogP contribution in [0.25, 0.3) is 0 Å². The summed E-state index contributed by atoms with van der Waals surface area (Å²) < 4.78 is 27.3. The maximum atomic E-state index is 13.9. The third-order valence-corrected chi connectivity index (χ3v) is 11.5. The van der Waals surface area contributed by atoms with E-state index in [1.54, 1.807) is 25.1 Å². The third-order valence-electron chi connectivity index (χ3n) is 9.95. The average Bonchev–Trinajstić information content (AvgIpc) is 2.93. The molecule has 4 fully saturated rings. The van der Waals surface area contributed by atoms with Gasteiger partial charge in [0.25, 0.3) is 0 Å². The van der Waals surface area contributed by atoms with Crippen LogP contribution in [0.2, 0.25) is 5.02 Å². The zero-order chi connectivity index (χ0) is 30.2. The summed E-state index contributed by atoms with van der Waals surface area (Å²) >= 11 is 6.42. The molecule has 0 spiro atoms. The highest BCUT2D eigenvalue weighted by Gasteiger charge is 2.51. The third kappa shape index (κ3) is 6.49. The van der Waals surface area contributed by atoms with Gasteiger partial charge >= 0.3 is 0 Å². The Morgan fingerprint density at radius 2 is 1.55 bits per heavy atom. The number of sulfonamides is 1. The van der Waals surface area contributed by atoms with Crippen LogP contribution in [0.15, 0.2) is 48.5 Å². The molecule has 228 valence electrons. The van der Waals surface area contributed by atoms with Crippen molar-refractivity contribution in [2.24, 2.45) is 17.8 Å². The molecule has 4 aliphatic rings. The van der Waals surface area contributed by atoms with Crippen LogP contribution in [-0.4, -0.2) is 50.0 Å². The number of carbonyl (C=O) groups is 2. The Balaban J connectivity index is 1.39. The second-order valence-electron chi connectivity index (χ2n) is 13.1. The molecule has 2 aromatic rings. The molecule has 9 heteroatoms. The fourth-order valence-corrected chi connectivity index (χ4v) is 8.96. The van der Waals surface area contributed by atoms with Crippen molar-refractivity contribution in [2.45, 2.75) is 89.8 Å². The van der Waals surface area contributed by atoms with E-state index in [1.165, 1.54) is 49.0 Å². The summed E-state index contributed by atoms with van der Waals surface area (Å²) in [6, 6.07) is 14.1. The van der Waals surface area contributed by atoms with Gasteiger partial charge in [0.2, 0.25) is 21.8 Å². The number of benzene rings is 2. The lowest BCUT2D eigenvalue weighted by Gasteiger charge is -2.57. The highest BCUT2D eigenvalue weighted by molar-refractivity contribution is 7.92. The zero-order valence-electron chi connectivity index (χ0n) is 25.2. The van der Waals surface area contributed by atoms with Crippen LogP contribution in [0.3, 0.4) is 0 Å². The maximum absolute atomic E-state index is 13.9. The molecule has 0 radical (unpaired) electrons. The molecule has 6 rings (SSSR count). The van der Waals surface area contributed by atoms with Gasteiger partial charge in [0.15, 0.2) is 0 Å². The van der Waals surface area contributed by atoms with Gasteiger partial charge in [0, 0.05) is 17.6 Å². The fourth-order valence-electron chi connectivity index (χ4n) is 7.92. The lowest BCUT2D eigenvalue weighted by atomic mass is 9.48. The molecule has 0 heterocycles. The van der Waals surface area contributed by atoms with Crippen molar-refractivity contribution < 1.29 is 18.0 Å². The van der Waals surface area contributed by atoms with Crippen LogP contribution < -0.4 is 9.62 Å². The van der Waals surface area contributed by atoms with E-state index in [0.717, 1.165) is 34.7 Å². The Hall–Kier alpha value is -2.58. The van der Waals surface area contributed by atoms with Gasteiger partial charge in [-0.25, -0.2) is 8.42 Å². The van der Waals surface area contributed by atoms with Crippen molar-refractivity contribution in [1.82, 2.24) is 10.2 Å². The predicted molar refractivity (Wildman–Crippen MR) is 168 cm³/mol. The molecule has 4 bridgehead atoms. The van der Waals surface area contributed by atoms with Gasteiger partial charge in [-0.2, -0.15) is 0 Å². The molecule has 0 aliphatic heterocycles. The predicted octanol–water partition coefficient (Wildman–Crippen LogP) is 5.91. The quantitative estimate of drug-likeness (QED) is 0.342. The topological polar surface area (TPSA) is 86.8 Å². The highest BCUT2D eigenvalue weighted by atomic mass is 35.5. The van der Waals surface area contributed by atoms with Gasteiger partial charge in [-0.15, -0.1) is 0 Å². The van der Waals surface area contributed by atoms with Crippen molar-refractivity contribution in [1.29, 1.82) is 0 Å². The van der Waals surface area contributed by atoms with Crippen LogP contribution in [-0.2, 0) is 31.6 Å². The number of anilines is 1. The smallest absolute Gasteiger partial charge is 0.244 e. The van der Waals surface area contributed by atoms with Gasteiger partial charge in [0.1, 0.15) is 12.6 Å². The van der Waals surface area contributed by atoms with E-state index in [-0.39, 0.29) is 23.9 Å². The van der Waals surface area contributed by atoms with Crippen LogP contribution in [0, 0.1) is 17.8 Å². The minimum atomic E-state index is -3.80. The molecule has 4 aliphatic carbocycles. The number of nitrogens with one attached hydrogen (secondary N) is 1. The average molecular weight is 614 g/mol. The molecule has 2 amide bonds. The summed E-state index contributed by atoms with van der Waals surface area (Å²) in [4.78, 5) is 28.4. The van der Waals surface area contributed by atoms with Crippen LogP contribution in [0.5, 0.6) is 0 Å². The monoisotopic (exact) mass is 613 g/mol. The number of amides is 2. The first kappa shape index (κ1) is 30.9. The molecule has 0 unspecified atom stereocenters. The molecule has 0 saturated heterocycles. The number of hydrogen-bond acceptors (Lipinski definition) is 4. The number of rotatable bonds is 11. The van der Waals surface area contributed by atoms with Crippen molar-refractivity contribution in [3.8, 4) is 0 Å². The Morgan fingerprint density at radius 1 is 0.976 bits per heavy atom. The molecular formula is C33H44ClN3O4S. The zero-order valence-corrected chi connectivity index (χ0v) is 26.8.